The number of amides is 1. The summed E-state index contributed by atoms with van der Waals surface area (Å²) in [4.78, 5) is 22.5. The van der Waals surface area contributed by atoms with Crippen LogP contribution < -0.4 is 10.1 Å². The summed E-state index contributed by atoms with van der Waals surface area (Å²) in [6.45, 7) is 3.57. The van der Waals surface area contributed by atoms with Crippen LogP contribution in [-0.4, -0.2) is 49.4 Å². The molecule has 1 aromatic carbocycles. The summed E-state index contributed by atoms with van der Waals surface area (Å²) in [6, 6.07) is 7.45. The highest BCUT2D eigenvalue weighted by Crippen LogP contribution is 2.24. The van der Waals surface area contributed by atoms with E-state index in [-0.39, 0.29) is 0 Å². The number of benzene rings is 1. The minimum Gasteiger partial charge on any atom is -0.455 e. The molecule has 0 spiro atoms. The quantitative estimate of drug-likeness (QED) is 0.330. The predicted octanol–water partition coefficient (Wildman–Crippen LogP) is 2.84. The summed E-state index contributed by atoms with van der Waals surface area (Å²) in [5.41, 5.74) is 0.138. The number of aromatic nitrogens is 1. The number of pyridine rings is 1. The van der Waals surface area contributed by atoms with Gasteiger partial charge in [0, 0.05) is 23.6 Å². The summed E-state index contributed by atoms with van der Waals surface area (Å²) in [5, 5.41) is 7.40. The zero-order valence-electron chi connectivity index (χ0n) is 15.5. The molecule has 0 bridgehead atoms. The number of rotatable bonds is 8. The average molecular weight is 377 g/mol. The zero-order valence-corrected chi connectivity index (χ0v) is 16.3. The normalized spacial score (nSPS) is 13.0. The molecular formula is C18H23N3O4S. The van der Waals surface area contributed by atoms with Gasteiger partial charge in [-0.05, 0) is 44.4 Å². The lowest BCUT2D eigenvalue weighted by Crippen LogP contribution is -2.51. The van der Waals surface area contributed by atoms with Crippen LogP contribution in [0.25, 0.3) is 10.9 Å². The second-order valence-electron chi connectivity index (χ2n) is 6.04. The third-order valence-corrected chi connectivity index (χ3v) is 4.16. The number of hydrogen-bond donors (Lipinski definition) is 1. The van der Waals surface area contributed by atoms with Crippen LogP contribution in [0, 0.1) is 0 Å². The lowest BCUT2D eigenvalue weighted by molar-refractivity contribution is -0.149. The van der Waals surface area contributed by atoms with Gasteiger partial charge in [-0.1, -0.05) is 5.16 Å². The topological polar surface area (TPSA) is 82.0 Å². The van der Waals surface area contributed by atoms with Gasteiger partial charge in [-0.2, -0.15) is 0 Å². The fourth-order valence-corrected chi connectivity index (χ4v) is 2.60. The second kappa shape index (κ2) is 8.86. The van der Waals surface area contributed by atoms with E-state index in [1.165, 1.54) is 20.4 Å². The minimum atomic E-state index is -1.10. The van der Waals surface area contributed by atoms with Gasteiger partial charge in [0.05, 0.1) is 17.3 Å². The summed E-state index contributed by atoms with van der Waals surface area (Å²) in [7, 11) is 2.85. The van der Waals surface area contributed by atoms with Gasteiger partial charge < -0.3 is 19.6 Å². The van der Waals surface area contributed by atoms with E-state index in [9.17, 15) is 4.79 Å². The Morgan fingerprint density at radius 3 is 2.77 bits per heavy atom. The number of oxime groups is 1. The molecule has 0 saturated heterocycles. The largest absolute Gasteiger partial charge is 0.455 e. The molecule has 1 aromatic heterocycles. The summed E-state index contributed by atoms with van der Waals surface area (Å²) < 4.78 is 10.9. The lowest BCUT2D eigenvalue weighted by atomic mass is 10.1. The number of carbonyl (C=O) groups excluding carboxylic acids is 1. The first-order valence-corrected chi connectivity index (χ1v) is 9.14. The molecule has 0 fully saturated rings. The molecular weight excluding hydrogens is 354 g/mol. The molecule has 0 saturated carbocycles. The molecule has 2 aromatic rings. The Morgan fingerprint density at radius 1 is 1.35 bits per heavy atom. The summed E-state index contributed by atoms with van der Waals surface area (Å²) in [6.07, 6.45) is 4.20. The number of nitrogens with one attached hydrogen (secondary N) is 1. The standard InChI is InChI=1S/C18H23N3O4S/c1-18(2,11-20-24-4)21-16(22)17(23-3)25-13-6-7-15-12(8-13)9-14(26-5)10-19-15/h6-11,17H,1-5H3,(H,21,22)/b20-11+. The van der Waals surface area contributed by atoms with Crippen molar-refractivity contribution in [2.45, 2.75) is 30.6 Å². The van der Waals surface area contributed by atoms with Crippen LogP contribution in [0.15, 0.2) is 40.5 Å². The third-order valence-electron chi connectivity index (χ3n) is 3.46. The van der Waals surface area contributed by atoms with E-state index in [0.717, 1.165) is 15.8 Å². The van der Waals surface area contributed by atoms with Gasteiger partial charge >= 0.3 is 0 Å². The number of carbonyl (C=O) groups is 1. The SMILES string of the molecule is CO/N=C/C(C)(C)NC(=O)C(OC)Oc1ccc2ncc(SC)cc2c1. The Balaban J connectivity index is 2.14. The van der Waals surface area contributed by atoms with E-state index >= 15 is 0 Å². The van der Waals surface area contributed by atoms with Gasteiger partial charge in [-0.25, -0.2) is 0 Å². The van der Waals surface area contributed by atoms with Gasteiger partial charge in [0.2, 0.25) is 0 Å². The van der Waals surface area contributed by atoms with Crippen molar-refractivity contribution in [2.75, 3.05) is 20.5 Å². The number of fused-ring (bicyclic) bond motifs is 1. The molecule has 7 nitrogen and oxygen atoms in total. The van der Waals surface area contributed by atoms with Crippen molar-refractivity contribution in [1.29, 1.82) is 0 Å². The Bertz CT molecular complexity index is 795. The second-order valence-corrected chi connectivity index (χ2v) is 6.92. The predicted molar refractivity (Wildman–Crippen MR) is 103 cm³/mol. The number of methoxy groups -OCH3 is 1. The molecule has 1 heterocycles. The van der Waals surface area contributed by atoms with Gasteiger partial charge in [-0.15, -0.1) is 11.8 Å². The average Bonchev–Trinajstić information content (AvgIpc) is 2.63. The van der Waals surface area contributed by atoms with Crippen LogP contribution in [0.4, 0.5) is 0 Å². The molecule has 140 valence electrons. The maximum atomic E-state index is 12.4. The van der Waals surface area contributed by atoms with E-state index in [1.807, 2.05) is 30.7 Å². The van der Waals surface area contributed by atoms with E-state index in [0.29, 0.717) is 5.75 Å². The highest BCUT2D eigenvalue weighted by atomic mass is 32.2. The molecule has 1 unspecified atom stereocenters. The van der Waals surface area contributed by atoms with Crippen molar-refractivity contribution < 1.29 is 19.1 Å². The fraction of sp³-hybridized carbons (Fsp3) is 0.389. The first-order chi connectivity index (χ1) is 12.4. The molecule has 2 rings (SSSR count). The Morgan fingerprint density at radius 2 is 2.12 bits per heavy atom. The zero-order chi connectivity index (χ0) is 19.2. The van der Waals surface area contributed by atoms with Gasteiger partial charge in [0.25, 0.3) is 12.2 Å². The fourth-order valence-electron chi connectivity index (χ4n) is 2.20. The van der Waals surface area contributed by atoms with Crippen molar-refractivity contribution in [3.8, 4) is 5.75 Å². The molecule has 8 heteroatoms. The van der Waals surface area contributed by atoms with Crippen LogP contribution in [0.2, 0.25) is 0 Å². The van der Waals surface area contributed by atoms with E-state index in [4.69, 9.17) is 9.47 Å². The monoisotopic (exact) mass is 377 g/mol. The van der Waals surface area contributed by atoms with E-state index in [2.05, 4.69) is 20.3 Å². The van der Waals surface area contributed by atoms with Crippen LogP contribution in [-0.2, 0) is 14.4 Å². The molecule has 0 aliphatic rings. The number of thioether (sulfide) groups is 1. The number of hydrogen-bond acceptors (Lipinski definition) is 7. The maximum Gasteiger partial charge on any atom is 0.290 e. The Hall–Kier alpha value is -2.32. The highest BCUT2D eigenvalue weighted by Gasteiger charge is 2.26. The molecule has 1 amide bonds. The Labute approximate surface area is 157 Å². The molecule has 0 aliphatic heterocycles. The van der Waals surface area contributed by atoms with Gasteiger partial charge in [0.15, 0.2) is 0 Å². The van der Waals surface area contributed by atoms with Crippen LogP contribution >= 0.6 is 11.8 Å². The van der Waals surface area contributed by atoms with Gasteiger partial charge in [-0.3, -0.25) is 9.78 Å². The van der Waals surface area contributed by atoms with Crippen LogP contribution in [0.1, 0.15) is 13.8 Å². The van der Waals surface area contributed by atoms with Crippen molar-refractivity contribution in [3.05, 3.63) is 30.5 Å². The number of ether oxygens (including phenoxy) is 2. The van der Waals surface area contributed by atoms with Crippen molar-refractivity contribution >= 4 is 34.8 Å². The number of nitrogens with zero attached hydrogens (tertiary/aromatic N) is 2. The van der Waals surface area contributed by atoms with Crippen molar-refractivity contribution in [3.63, 3.8) is 0 Å². The van der Waals surface area contributed by atoms with E-state index < -0.39 is 17.7 Å². The highest BCUT2D eigenvalue weighted by molar-refractivity contribution is 7.98. The van der Waals surface area contributed by atoms with Crippen LogP contribution in [0.5, 0.6) is 5.75 Å². The molecule has 1 atom stereocenters. The van der Waals surface area contributed by atoms with Crippen LogP contribution in [0.3, 0.4) is 0 Å². The van der Waals surface area contributed by atoms with Crippen molar-refractivity contribution in [2.24, 2.45) is 5.16 Å². The van der Waals surface area contributed by atoms with Crippen molar-refractivity contribution in [1.82, 2.24) is 10.3 Å². The van der Waals surface area contributed by atoms with E-state index in [1.54, 1.807) is 31.7 Å². The third kappa shape index (κ3) is 5.34. The summed E-state index contributed by atoms with van der Waals surface area (Å²) in [5.74, 6) is 0.0963. The Kier molecular flexibility index (Phi) is 6.82. The molecule has 0 radical (unpaired) electrons. The first kappa shape index (κ1) is 20.0. The van der Waals surface area contributed by atoms with Gasteiger partial charge in [0.1, 0.15) is 12.9 Å². The minimum absolute atomic E-state index is 0.420. The maximum absolute atomic E-state index is 12.4. The smallest absolute Gasteiger partial charge is 0.290 e. The first-order valence-electron chi connectivity index (χ1n) is 7.91. The lowest BCUT2D eigenvalue weighted by Gasteiger charge is -2.24. The molecule has 1 N–H and O–H groups in total. The molecule has 0 aliphatic carbocycles. The molecule has 26 heavy (non-hydrogen) atoms. The summed E-state index contributed by atoms with van der Waals surface area (Å²) >= 11 is 1.61.